The van der Waals surface area contributed by atoms with Crippen LogP contribution in [0.15, 0.2) is 17.1 Å². The van der Waals surface area contributed by atoms with Crippen molar-refractivity contribution < 1.29 is 0 Å². The summed E-state index contributed by atoms with van der Waals surface area (Å²) in [5.41, 5.74) is 2.36. The van der Waals surface area contributed by atoms with Crippen molar-refractivity contribution in [3.8, 4) is 0 Å². The molecule has 0 saturated heterocycles. The van der Waals surface area contributed by atoms with E-state index in [-0.39, 0.29) is 0 Å². The quantitative estimate of drug-likeness (QED) is 0.725. The maximum absolute atomic E-state index is 5.85. The zero-order chi connectivity index (χ0) is 12.3. The fourth-order valence-electron chi connectivity index (χ4n) is 2.21. The molecule has 2 nitrogen and oxygen atoms in total. The third-order valence-electron chi connectivity index (χ3n) is 3.05. The Morgan fingerprint density at radius 1 is 1.35 bits per heavy atom. The molecular formula is C13H16Cl2N2. The van der Waals surface area contributed by atoms with E-state index in [1.54, 1.807) is 0 Å². The first-order valence-corrected chi connectivity index (χ1v) is 6.73. The van der Waals surface area contributed by atoms with Gasteiger partial charge in [-0.1, -0.05) is 30.1 Å². The van der Waals surface area contributed by atoms with E-state index in [1.807, 2.05) is 12.1 Å². The highest BCUT2D eigenvalue weighted by Gasteiger charge is 2.13. The fraction of sp³-hybridized carbons (Fsp3) is 0.538. The number of nitrogens with zero attached hydrogens (tertiary/aromatic N) is 2. The summed E-state index contributed by atoms with van der Waals surface area (Å²) in [6, 6.07) is 3.65. The maximum atomic E-state index is 5.85. The zero-order valence-corrected chi connectivity index (χ0v) is 11.4. The van der Waals surface area contributed by atoms with Crippen molar-refractivity contribution in [2.45, 2.75) is 39.2 Å². The van der Waals surface area contributed by atoms with Crippen LogP contribution in [0.25, 0.3) is 0 Å². The molecule has 1 aliphatic carbocycles. The zero-order valence-electron chi connectivity index (χ0n) is 9.92. The van der Waals surface area contributed by atoms with Crippen LogP contribution in [0.1, 0.15) is 38.2 Å². The molecule has 0 radical (unpaired) electrons. The van der Waals surface area contributed by atoms with Gasteiger partial charge in [-0.15, -0.1) is 0 Å². The van der Waals surface area contributed by atoms with E-state index in [9.17, 15) is 0 Å². The second kappa shape index (κ2) is 5.83. The molecule has 17 heavy (non-hydrogen) atoms. The second-order valence-corrected chi connectivity index (χ2v) is 5.48. The van der Waals surface area contributed by atoms with Gasteiger partial charge < -0.3 is 0 Å². The van der Waals surface area contributed by atoms with Crippen molar-refractivity contribution in [2.24, 2.45) is 10.9 Å². The molecule has 2 rings (SSSR count). The predicted molar refractivity (Wildman–Crippen MR) is 73.0 cm³/mol. The van der Waals surface area contributed by atoms with Gasteiger partial charge in [-0.3, -0.25) is 4.99 Å². The molecule has 1 heterocycles. The minimum absolute atomic E-state index is 0.435. The highest BCUT2D eigenvalue weighted by Crippen LogP contribution is 2.22. The maximum Gasteiger partial charge on any atom is 0.131 e. The van der Waals surface area contributed by atoms with Crippen LogP contribution in [0.5, 0.6) is 0 Å². The van der Waals surface area contributed by atoms with Crippen molar-refractivity contribution in [3.05, 3.63) is 28.0 Å². The summed E-state index contributed by atoms with van der Waals surface area (Å²) < 4.78 is 0. The lowest BCUT2D eigenvalue weighted by Crippen LogP contribution is -2.12. The first-order valence-electron chi connectivity index (χ1n) is 5.97. The van der Waals surface area contributed by atoms with Gasteiger partial charge in [0.15, 0.2) is 0 Å². The Bertz CT molecular complexity index is 409. The Hall–Kier alpha value is -0.600. The average molecular weight is 271 g/mol. The number of halogens is 2. The molecule has 1 aromatic rings. The monoisotopic (exact) mass is 270 g/mol. The molecule has 0 amide bonds. The van der Waals surface area contributed by atoms with Crippen LogP contribution in [-0.4, -0.2) is 10.7 Å². The normalized spacial score (nSPS) is 23.0. The van der Waals surface area contributed by atoms with Crippen molar-refractivity contribution in [2.75, 3.05) is 0 Å². The van der Waals surface area contributed by atoms with Crippen LogP contribution in [-0.2, 0) is 6.54 Å². The van der Waals surface area contributed by atoms with Crippen LogP contribution in [0, 0.1) is 5.92 Å². The molecular weight excluding hydrogens is 255 g/mol. The molecule has 0 aliphatic heterocycles. The van der Waals surface area contributed by atoms with Crippen molar-refractivity contribution in [3.63, 3.8) is 0 Å². The van der Waals surface area contributed by atoms with Crippen molar-refractivity contribution >= 4 is 28.9 Å². The summed E-state index contributed by atoms with van der Waals surface area (Å²) in [5.74, 6) is 0.770. The van der Waals surface area contributed by atoms with Crippen LogP contribution < -0.4 is 0 Å². The van der Waals surface area contributed by atoms with Gasteiger partial charge in [0.05, 0.1) is 6.54 Å². The number of aromatic nitrogens is 1. The van der Waals surface area contributed by atoms with Crippen molar-refractivity contribution in [1.29, 1.82) is 0 Å². The highest BCUT2D eigenvalue weighted by atomic mass is 35.5. The average Bonchev–Trinajstić information content (AvgIpc) is 2.25. The summed E-state index contributed by atoms with van der Waals surface area (Å²) in [6.07, 6.45) is 4.85. The summed E-state index contributed by atoms with van der Waals surface area (Å²) in [4.78, 5) is 8.58. The lowest BCUT2D eigenvalue weighted by atomic mass is 9.89. The van der Waals surface area contributed by atoms with Gasteiger partial charge in [0.1, 0.15) is 10.3 Å². The fourth-order valence-corrected chi connectivity index (χ4v) is 2.72. The Morgan fingerprint density at radius 3 is 2.71 bits per heavy atom. The lowest BCUT2D eigenvalue weighted by Gasteiger charge is -2.19. The standard InChI is InChI=1S/C13H16Cl2N2/c1-9-3-2-4-11(5-9)16-8-10-6-12(14)17-13(15)7-10/h6-7,9H,2-5,8H2,1H3. The Morgan fingerprint density at radius 2 is 2.06 bits per heavy atom. The van der Waals surface area contributed by atoms with E-state index in [0.717, 1.165) is 24.3 Å². The SMILES string of the molecule is CC1CCCC(=NCc2cc(Cl)nc(Cl)c2)C1. The molecule has 1 aliphatic rings. The molecule has 4 heteroatoms. The second-order valence-electron chi connectivity index (χ2n) is 4.70. The van der Waals surface area contributed by atoms with Gasteiger partial charge in [-0.05, 0) is 49.3 Å². The third kappa shape index (κ3) is 3.97. The summed E-state index contributed by atoms with van der Waals surface area (Å²) in [6.45, 7) is 2.94. The predicted octanol–water partition coefficient (Wildman–Crippen LogP) is 4.54. The van der Waals surface area contributed by atoms with E-state index < -0.39 is 0 Å². The van der Waals surface area contributed by atoms with Gasteiger partial charge in [0, 0.05) is 5.71 Å². The first kappa shape index (κ1) is 12.8. The molecule has 1 unspecified atom stereocenters. The Kier molecular flexibility index (Phi) is 4.41. The summed E-state index contributed by atoms with van der Waals surface area (Å²) in [7, 11) is 0. The molecule has 1 fully saturated rings. The summed E-state index contributed by atoms with van der Waals surface area (Å²) in [5, 5.41) is 0.870. The van der Waals surface area contributed by atoms with Gasteiger partial charge in [0.2, 0.25) is 0 Å². The molecule has 1 atom stereocenters. The van der Waals surface area contributed by atoms with Crippen LogP contribution >= 0.6 is 23.2 Å². The Labute approximate surface area is 112 Å². The number of hydrogen-bond acceptors (Lipinski definition) is 2. The molecule has 0 bridgehead atoms. The Balaban J connectivity index is 2.03. The van der Waals surface area contributed by atoms with Gasteiger partial charge in [-0.2, -0.15) is 0 Å². The third-order valence-corrected chi connectivity index (χ3v) is 3.44. The van der Waals surface area contributed by atoms with E-state index >= 15 is 0 Å². The van der Waals surface area contributed by atoms with Gasteiger partial charge in [-0.25, -0.2) is 4.98 Å². The molecule has 0 spiro atoms. The van der Waals surface area contributed by atoms with E-state index in [4.69, 9.17) is 23.2 Å². The van der Waals surface area contributed by atoms with E-state index in [1.165, 1.54) is 18.6 Å². The van der Waals surface area contributed by atoms with Crippen molar-refractivity contribution in [1.82, 2.24) is 4.98 Å². The molecule has 0 N–H and O–H groups in total. The largest absolute Gasteiger partial charge is 0.289 e. The summed E-state index contributed by atoms with van der Waals surface area (Å²) >= 11 is 11.7. The van der Waals surface area contributed by atoms with Crippen LogP contribution in [0.2, 0.25) is 10.3 Å². The topological polar surface area (TPSA) is 25.2 Å². The first-order chi connectivity index (χ1) is 8.13. The number of pyridine rings is 1. The van der Waals surface area contributed by atoms with Gasteiger partial charge >= 0.3 is 0 Å². The van der Waals surface area contributed by atoms with Crippen LogP contribution in [0.3, 0.4) is 0 Å². The lowest BCUT2D eigenvalue weighted by molar-refractivity contribution is 0.499. The minimum Gasteiger partial charge on any atom is -0.289 e. The van der Waals surface area contributed by atoms with E-state index in [2.05, 4.69) is 16.9 Å². The smallest absolute Gasteiger partial charge is 0.131 e. The highest BCUT2D eigenvalue weighted by molar-refractivity contribution is 6.32. The molecule has 0 aromatic carbocycles. The molecule has 1 saturated carbocycles. The minimum atomic E-state index is 0.435. The van der Waals surface area contributed by atoms with E-state index in [0.29, 0.717) is 16.9 Å². The number of hydrogen-bond donors (Lipinski definition) is 0. The molecule has 1 aromatic heterocycles. The molecule has 92 valence electrons. The van der Waals surface area contributed by atoms with Crippen LogP contribution in [0.4, 0.5) is 0 Å². The number of aliphatic imine (C=N–C) groups is 1. The van der Waals surface area contributed by atoms with Gasteiger partial charge in [0.25, 0.3) is 0 Å². The number of rotatable bonds is 2.